The van der Waals surface area contributed by atoms with E-state index >= 15 is 0 Å². The molecule has 3 aromatic rings. The van der Waals surface area contributed by atoms with Gasteiger partial charge in [-0.1, -0.05) is 30.2 Å². The highest BCUT2D eigenvalue weighted by molar-refractivity contribution is 7.48. The summed E-state index contributed by atoms with van der Waals surface area (Å²) in [6, 6.07) is 15.0. The van der Waals surface area contributed by atoms with E-state index < -0.39 is 7.82 Å². The molecular weight excluding hydrogens is 345 g/mol. The van der Waals surface area contributed by atoms with Crippen molar-refractivity contribution in [2.24, 2.45) is 0 Å². The van der Waals surface area contributed by atoms with Crippen LogP contribution in [0.25, 0.3) is 20.8 Å². The lowest BCUT2D eigenvalue weighted by atomic mass is 10.2. The SMILES string of the molecule is C#CCOP(=O)(OC)Oc1ccccc1-c1nc2ccccc2s1. The fourth-order valence-corrected chi connectivity index (χ4v) is 3.92. The van der Waals surface area contributed by atoms with E-state index in [4.69, 9.17) is 20.0 Å². The smallest absolute Gasteiger partial charge is 0.403 e. The van der Waals surface area contributed by atoms with Crippen LogP contribution in [-0.2, 0) is 13.6 Å². The quantitative estimate of drug-likeness (QED) is 0.470. The Balaban J connectivity index is 1.99. The summed E-state index contributed by atoms with van der Waals surface area (Å²) in [4.78, 5) is 4.60. The highest BCUT2D eigenvalue weighted by Crippen LogP contribution is 2.50. The van der Waals surface area contributed by atoms with Crippen molar-refractivity contribution < 1.29 is 18.1 Å². The third kappa shape index (κ3) is 3.50. The molecule has 0 spiro atoms. The zero-order valence-corrected chi connectivity index (χ0v) is 14.5. The number of fused-ring (bicyclic) bond motifs is 1. The minimum atomic E-state index is -3.79. The summed E-state index contributed by atoms with van der Waals surface area (Å²) < 4.78 is 29.0. The molecule has 0 N–H and O–H groups in total. The van der Waals surface area contributed by atoms with E-state index in [1.807, 2.05) is 36.4 Å². The first-order valence-corrected chi connectivity index (χ1v) is 9.31. The number of thiazole rings is 1. The summed E-state index contributed by atoms with van der Waals surface area (Å²) in [6.07, 6.45) is 5.13. The van der Waals surface area contributed by atoms with Gasteiger partial charge in [0.15, 0.2) is 0 Å². The van der Waals surface area contributed by atoms with E-state index in [9.17, 15) is 4.57 Å². The van der Waals surface area contributed by atoms with Crippen LogP contribution in [-0.4, -0.2) is 18.7 Å². The Morgan fingerprint density at radius 2 is 1.96 bits per heavy atom. The first kappa shape index (κ1) is 16.7. The van der Waals surface area contributed by atoms with Gasteiger partial charge in [0.25, 0.3) is 0 Å². The van der Waals surface area contributed by atoms with Crippen LogP contribution >= 0.6 is 19.2 Å². The van der Waals surface area contributed by atoms with E-state index in [0.29, 0.717) is 11.3 Å². The van der Waals surface area contributed by atoms with Crippen LogP contribution in [0.15, 0.2) is 48.5 Å². The molecule has 122 valence electrons. The molecule has 7 heteroatoms. The van der Waals surface area contributed by atoms with Crippen molar-refractivity contribution in [3.05, 3.63) is 48.5 Å². The standard InChI is InChI=1S/C17H14NO4PS/c1-3-12-21-23(19,20-2)22-15-10-6-4-8-13(15)17-18-14-9-5-7-11-16(14)24-17/h1,4-11H,12H2,2H3. The van der Waals surface area contributed by atoms with Crippen molar-refractivity contribution in [3.8, 4) is 28.7 Å². The van der Waals surface area contributed by atoms with Gasteiger partial charge >= 0.3 is 7.82 Å². The molecule has 2 aromatic carbocycles. The zero-order chi connectivity index (χ0) is 17.0. The van der Waals surface area contributed by atoms with Crippen molar-refractivity contribution in [1.29, 1.82) is 0 Å². The van der Waals surface area contributed by atoms with Gasteiger partial charge < -0.3 is 4.52 Å². The van der Waals surface area contributed by atoms with Crippen LogP contribution < -0.4 is 4.52 Å². The predicted molar refractivity (Wildman–Crippen MR) is 95.1 cm³/mol. The number of para-hydroxylation sites is 2. The second-order valence-corrected chi connectivity index (χ2v) is 7.41. The lowest BCUT2D eigenvalue weighted by Gasteiger charge is -2.16. The van der Waals surface area contributed by atoms with Crippen LogP contribution in [0.3, 0.4) is 0 Å². The van der Waals surface area contributed by atoms with Gasteiger partial charge in [-0.25, -0.2) is 9.55 Å². The summed E-state index contributed by atoms with van der Waals surface area (Å²) in [5.41, 5.74) is 1.60. The number of nitrogens with zero attached hydrogens (tertiary/aromatic N) is 1. The number of aromatic nitrogens is 1. The van der Waals surface area contributed by atoms with Crippen LogP contribution in [0.2, 0.25) is 0 Å². The van der Waals surface area contributed by atoms with Crippen molar-refractivity contribution >= 4 is 29.4 Å². The lowest BCUT2D eigenvalue weighted by Crippen LogP contribution is -2.01. The maximum absolute atomic E-state index is 12.5. The molecule has 0 saturated heterocycles. The molecule has 0 fully saturated rings. The fourth-order valence-electron chi connectivity index (χ4n) is 2.06. The first-order chi connectivity index (χ1) is 11.6. The molecule has 1 heterocycles. The van der Waals surface area contributed by atoms with Gasteiger partial charge in [-0.3, -0.25) is 9.05 Å². The normalized spacial score (nSPS) is 13.3. The average molecular weight is 359 g/mol. The Morgan fingerprint density at radius 1 is 1.21 bits per heavy atom. The molecule has 1 aromatic heterocycles. The minimum absolute atomic E-state index is 0.172. The number of hydrogen-bond acceptors (Lipinski definition) is 6. The molecule has 1 atom stereocenters. The molecule has 0 bridgehead atoms. The molecule has 3 rings (SSSR count). The van der Waals surface area contributed by atoms with E-state index in [1.165, 1.54) is 18.4 Å². The number of rotatable bonds is 6. The Bertz CT molecular complexity index is 914. The number of hydrogen-bond donors (Lipinski definition) is 0. The zero-order valence-electron chi connectivity index (χ0n) is 12.8. The summed E-state index contributed by atoms with van der Waals surface area (Å²) in [6.45, 7) is -0.172. The van der Waals surface area contributed by atoms with Gasteiger partial charge in [0.05, 0.1) is 15.8 Å². The van der Waals surface area contributed by atoms with Gasteiger partial charge in [-0.15, -0.1) is 17.8 Å². The third-order valence-corrected chi connectivity index (χ3v) is 5.53. The van der Waals surface area contributed by atoms with Gasteiger partial charge in [0.2, 0.25) is 0 Å². The molecule has 1 unspecified atom stereocenters. The van der Waals surface area contributed by atoms with Crippen molar-refractivity contribution in [1.82, 2.24) is 4.98 Å². The maximum atomic E-state index is 12.5. The van der Waals surface area contributed by atoms with Gasteiger partial charge in [-0.2, -0.15) is 0 Å². The summed E-state index contributed by atoms with van der Waals surface area (Å²) in [5, 5.41) is 0.756. The average Bonchev–Trinajstić information content (AvgIpc) is 3.04. The van der Waals surface area contributed by atoms with Crippen LogP contribution in [0.1, 0.15) is 0 Å². The Morgan fingerprint density at radius 3 is 2.71 bits per heavy atom. The Labute approximate surface area is 143 Å². The maximum Gasteiger partial charge on any atom is 0.530 e. The molecule has 0 radical (unpaired) electrons. The molecule has 0 aliphatic heterocycles. The van der Waals surface area contributed by atoms with E-state index in [0.717, 1.165) is 15.2 Å². The first-order valence-electron chi connectivity index (χ1n) is 7.03. The van der Waals surface area contributed by atoms with Gasteiger partial charge in [0.1, 0.15) is 17.4 Å². The Kier molecular flexibility index (Phi) is 4.98. The second kappa shape index (κ2) is 7.16. The highest BCUT2D eigenvalue weighted by Gasteiger charge is 2.28. The molecular formula is C17H14NO4PS. The summed E-state index contributed by atoms with van der Waals surface area (Å²) in [7, 11) is -2.54. The largest absolute Gasteiger partial charge is 0.530 e. The number of phosphoric ester groups is 1. The van der Waals surface area contributed by atoms with Crippen molar-refractivity contribution in [2.45, 2.75) is 0 Å². The fraction of sp³-hybridized carbons (Fsp3) is 0.118. The van der Waals surface area contributed by atoms with E-state index in [2.05, 4.69) is 10.9 Å². The van der Waals surface area contributed by atoms with Gasteiger partial charge in [0, 0.05) is 7.11 Å². The van der Waals surface area contributed by atoms with Crippen LogP contribution in [0, 0.1) is 12.3 Å². The van der Waals surface area contributed by atoms with Crippen LogP contribution in [0.5, 0.6) is 5.75 Å². The minimum Gasteiger partial charge on any atom is -0.403 e. The number of benzene rings is 2. The highest BCUT2D eigenvalue weighted by atomic mass is 32.1. The molecule has 0 aliphatic rings. The topological polar surface area (TPSA) is 57.7 Å². The van der Waals surface area contributed by atoms with Crippen molar-refractivity contribution in [2.75, 3.05) is 13.7 Å². The monoisotopic (exact) mass is 359 g/mol. The molecule has 0 saturated carbocycles. The molecule has 5 nitrogen and oxygen atoms in total. The molecule has 0 amide bonds. The lowest BCUT2D eigenvalue weighted by molar-refractivity contribution is 0.197. The third-order valence-electron chi connectivity index (χ3n) is 3.15. The Hall–Kier alpha value is -2.16. The number of phosphoric acid groups is 1. The van der Waals surface area contributed by atoms with E-state index in [1.54, 1.807) is 12.1 Å². The second-order valence-electron chi connectivity index (χ2n) is 4.68. The number of terminal acetylenes is 1. The van der Waals surface area contributed by atoms with Gasteiger partial charge in [-0.05, 0) is 24.3 Å². The van der Waals surface area contributed by atoms with E-state index in [-0.39, 0.29) is 6.61 Å². The summed E-state index contributed by atoms with van der Waals surface area (Å²) in [5.74, 6) is 2.60. The predicted octanol–water partition coefficient (Wildman–Crippen LogP) is 4.75. The summed E-state index contributed by atoms with van der Waals surface area (Å²) >= 11 is 1.52. The molecule has 0 aliphatic carbocycles. The molecule has 24 heavy (non-hydrogen) atoms. The van der Waals surface area contributed by atoms with Crippen molar-refractivity contribution in [3.63, 3.8) is 0 Å². The van der Waals surface area contributed by atoms with Crippen LogP contribution in [0.4, 0.5) is 0 Å².